The highest BCUT2D eigenvalue weighted by Gasteiger charge is 2.39. The first-order valence-corrected chi connectivity index (χ1v) is 8.69. The number of para-hydroxylation sites is 1. The van der Waals surface area contributed by atoms with Crippen molar-refractivity contribution in [2.45, 2.75) is 52.1 Å². The van der Waals surface area contributed by atoms with Crippen LogP contribution in [-0.2, 0) is 0 Å². The van der Waals surface area contributed by atoms with Crippen molar-refractivity contribution in [3.63, 3.8) is 0 Å². The summed E-state index contributed by atoms with van der Waals surface area (Å²) in [5.41, 5.74) is 0.789. The smallest absolute Gasteiger partial charge is 0.147 e. The van der Waals surface area contributed by atoms with E-state index in [4.69, 9.17) is 0 Å². The van der Waals surface area contributed by atoms with Gasteiger partial charge in [0.1, 0.15) is 5.82 Å². The summed E-state index contributed by atoms with van der Waals surface area (Å²) in [4.78, 5) is 2.27. The summed E-state index contributed by atoms with van der Waals surface area (Å²) in [5, 5.41) is 3.72. The van der Waals surface area contributed by atoms with Crippen molar-refractivity contribution in [3.05, 3.63) is 28.5 Å². The predicted octanol–water partition coefficient (Wildman–Crippen LogP) is 4.58. The van der Waals surface area contributed by atoms with E-state index in [1.165, 1.54) is 0 Å². The van der Waals surface area contributed by atoms with E-state index in [9.17, 15) is 4.39 Å². The van der Waals surface area contributed by atoms with Crippen LogP contribution in [0.1, 0.15) is 40.5 Å². The van der Waals surface area contributed by atoms with Crippen LogP contribution in [-0.4, -0.2) is 24.7 Å². The van der Waals surface area contributed by atoms with Crippen molar-refractivity contribution in [1.82, 2.24) is 5.32 Å². The third-order valence-corrected chi connectivity index (χ3v) is 5.55. The number of rotatable bonds is 4. The van der Waals surface area contributed by atoms with Gasteiger partial charge in [0, 0.05) is 29.1 Å². The van der Waals surface area contributed by atoms with Gasteiger partial charge in [0.05, 0.1) is 5.69 Å². The second-order valence-electron chi connectivity index (χ2n) is 6.38. The maximum atomic E-state index is 14.4. The molecule has 1 aromatic rings. The second kappa shape index (κ2) is 6.66. The molecule has 1 fully saturated rings. The third-order valence-electron chi connectivity index (χ3n) is 4.91. The zero-order valence-electron chi connectivity index (χ0n) is 13.4. The van der Waals surface area contributed by atoms with Gasteiger partial charge < -0.3 is 10.2 Å². The molecule has 1 N–H and O–H groups in total. The van der Waals surface area contributed by atoms with E-state index in [1.807, 2.05) is 6.07 Å². The van der Waals surface area contributed by atoms with Crippen molar-refractivity contribution in [1.29, 1.82) is 0 Å². The molecule has 1 unspecified atom stereocenters. The molecule has 1 saturated heterocycles. The molecule has 118 valence electrons. The Hall–Kier alpha value is -0.610. The Balaban J connectivity index is 2.43. The van der Waals surface area contributed by atoms with Crippen molar-refractivity contribution >= 4 is 21.6 Å². The molecular formula is C17H26BrFN2. The summed E-state index contributed by atoms with van der Waals surface area (Å²) in [7, 11) is 0. The lowest BCUT2D eigenvalue weighted by Crippen LogP contribution is -2.65. The molecule has 0 spiro atoms. The van der Waals surface area contributed by atoms with Crippen LogP contribution in [0.4, 0.5) is 10.1 Å². The monoisotopic (exact) mass is 356 g/mol. The molecule has 1 aliphatic heterocycles. The first-order valence-electron chi connectivity index (χ1n) is 7.89. The molecule has 1 heterocycles. The topological polar surface area (TPSA) is 15.3 Å². The summed E-state index contributed by atoms with van der Waals surface area (Å²) < 4.78 is 15.3. The number of halogens is 2. The Kier molecular flexibility index (Phi) is 5.31. The van der Waals surface area contributed by atoms with Crippen molar-refractivity contribution in [2.75, 3.05) is 18.0 Å². The highest BCUT2D eigenvalue weighted by Crippen LogP contribution is 2.36. The molecule has 0 aliphatic carbocycles. The minimum absolute atomic E-state index is 0.0765. The van der Waals surface area contributed by atoms with Gasteiger partial charge in [0.2, 0.25) is 0 Å². The van der Waals surface area contributed by atoms with E-state index in [-0.39, 0.29) is 11.4 Å². The van der Waals surface area contributed by atoms with Gasteiger partial charge in [0.25, 0.3) is 0 Å². The van der Waals surface area contributed by atoms with Crippen molar-refractivity contribution in [2.24, 2.45) is 5.92 Å². The predicted molar refractivity (Wildman–Crippen MR) is 91.4 cm³/mol. The van der Waals surface area contributed by atoms with Gasteiger partial charge in [-0.25, -0.2) is 4.39 Å². The van der Waals surface area contributed by atoms with Gasteiger partial charge in [-0.3, -0.25) is 0 Å². The molecule has 1 atom stereocenters. The van der Waals surface area contributed by atoms with Crippen LogP contribution >= 0.6 is 15.9 Å². The van der Waals surface area contributed by atoms with Crippen molar-refractivity contribution in [3.8, 4) is 0 Å². The van der Waals surface area contributed by atoms with Gasteiger partial charge in [-0.15, -0.1) is 0 Å². The summed E-state index contributed by atoms with van der Waals surface area (Å²) in [6, 6.07) is 5.54. The summed E-state index contributed by atoms with van der Waals surface area (Å²) in [6.45, 7) is 10.6. The molecule has 0 saturated carbocycles. The fourth-order valence-electron chi connectivity index (χ4n) is 3.26. The lowest BCUT2D eigenvalue weighted by atomic mass is 9.86. The molecule has 1 aliphatic rings. The molecule has 21 heavy (non-hydrogen) atoms. The number of benzene rings is 1. The van der Waals surface area contributed by atoms with Crippen LogP contribution in [0.25, 0.3) is 0 Å². The van der Waals surface area contributed by atoms with Crippen molar-refractivity contribution < 1.29 is 4.39 Å². The number of hydrogen-bond donors (Lipinski definition) is 1. The highest BCUT2D eigenvalue weighted by atomic mass is 79.9. The molecule has 4 heteroatoms. The van der Waals surface area contributed by atoms with Crippen LogP contribution < -0.4 is 10.2 Å². The van der Waals surface area contributed by atoms with E-state index >= 15 is 0 Å². The van der Waals surface area contributed by atoms with E-state index < -0.39 is 0 Å². The SMILES string of the molecule is CCC1(CC)CN(c2c(F)cccc2Br)C(C(C)C)CN1. The minimum Gasteiger partial charge on any atom is -0.362 e. The Morgan fingerprint density at radius 1 is 1.38 bits per heavy atom. The zero-order valence-corrected chi connectivity index (χ0v) is 15.0. The molecule has 0 amide bonds. The average molecular weight is 357 g/mol. The fourth-order valence-corrected chi connectivity index (χ4v) is 3.83. The van der Waals surface area contributed by atoms with E-state index in [0.717, 1.165) is 30.4 Å². The zero-order chi connectivity index (χ0) is 15.6. The molecule has 1 aromatic carbocycles. The molecular weight excluding hydrogens is 331 g/mol. The first-order chi connectivity index (χ1) is 9.94. The van der Waals surface area contributed by atoms with Crippen LogP contribution in [0.15, 0.2) is 22.7 Å². The van der Waals surface area contributed by atoms with Gasteiger partial charge >= 0.3 is 0 Å². The van der Waals surface area contributed by atoms with E-state index in [1.54, 1.807) is 12.1 Å². The van der Waals surface area contributed by atoms with Crippen LogP contribution in [0, 0.1) is 11.7 Å². The molecule has 0 radical (unpaired) electrons. The molecule has 2 nitrogen and oxygen atoms in total. The number of nitrogens with one attached hydrogen (secondary N) is 1. The summed E-state index contributed by atoms with van der Waals surface area (Å²) in [5.74, 6) is 0.328. The number of anilines is 1. The Morgan fingerprint density at radius 2 is 2.05 bits per heavy atom. The van der Waals surface area contributed by atoms with Crippen LogP contribution in [0.5, 0.6) is 0 Å². The normalized spacial score (nSPS) is 21.9. The minimum atomic E-state index is -0.141. The highest BCUT2D eigenvalue weighted by molar-refractivity contribution is 9.10. The van der Waals surface area contributed by atoms with Gasteiger partial charge in [-0.1, -0.05) is 33.8 Å². The van der Waals surface area contributed by atoms with Gasteiger partial charge in [-0.05, 0) is 46.8 Å². The summed E-state index contributed by atoms with van der Waals surface area (Å²) >= 11 is 3.54. The largest absolute Gasteiger partial charge is 0.362 e. The van der Waals surface area contributed by atoms with Crippen LogP contribution in [0.2, 0.25) is 0 Å². The molecule has 2 rings (SSSR count). The van der Waals surface area contributed by atoms with Gasteiger partial charge in [-0.2, -0.15) is 0 Å². The summed E-state index contributed by atoms with van der Waals surface area (Å²) in [6.07, 6.45) is 2.10. The Labute approximate surface area is 136 Å². The Morgan fingerprint density at radius 3 is 2.57 bits per heavy atom. The lowest BCUT2D eigenvalue weighted by molar-refractivity contribution is 0.226. The average Bonchev–Trinajstić information content (AvgIpc) is 2.46. The maximum Gasteiger partial charge on any atom is 0.147 e. The standard InChI is InChI=1S/C17H26BrFN2/c1-5-17(6-2)11-21(15(10-20-17)12(3)4)16-13(18)8-7-9-14(16)19/h7-9,12,15,20H,5-6,10-11H2,1-4H3. The Bertz CT molecular complexity index is 465. The number of hydrogen-bond acceptors (Lipinski definition) is 2. The van der Waals surface area contributed by atoms with Crippen LogP contribution in [0.3, 0.4) is 0 Å². The first kappa shape index (κ1) is 16.8. The number of nitrogens with zero attached hydrogens (tertiary/aromatic N) is 1. The third kappa shape index (κ3) is 3.26. The maximum absolute atomic E-state index is 14.4. The van der Waals surface area contributed by atoms with E-state index in [0.29, 0.717) is 17.6 Å². The molecule has 0 aromatic heterocycles. The quantitative estimate of drug-likeness (QED) is 0.849. The van der Waals surface area contributed by atoms with Gasteiger partial charge in [0.15, 0.2) is 0 Å². The lowest BCUT2D eigenvalue weighted by Gasteiger charge is -2.50. The molecule has 0 bridgehead atoms. The second-order valence-corrected chi connectivity index (χ2v) is 7.23. The van der Waals surface area contributed by atoms with E-state index in [2.05, 4.69) is 53.8 Å². The number of piperazine rings is 1. The fraction of sp³-hybridized carbons (Fsp3) is 0.647.